The van der Waals surface area contributed by atoms with Gasteiger partial charge in [0.15, 0.2) is 5.78 Å². The average Bonchev–Trinajstić information content (AvgIpc) is 2.77. The van der Waals surface area contributed by atoms with Gasteiger partial charge in [-0.15, -0.1) is 0 Å². The minimum Gasteiger partial charge on any atom is -0.508 e. The second-order valence-corrected chi connectivity index (χ2v) is 8.26. The van der Waals surface area contributed by atoms with Gasteiger partial charge in [-0.2, -0.15) is 0 Å². The van der Waals surface area contributed by atoms with Crippen LogP contribution in [0.25, 0.3) is 0 Å². The van der Waals surface area contributed by atoms with E-state index in [0.29, 0.717) is 29.9 Å². The predicted molar refractivity (Wildman–Crippen MR) is 88.9 cm³/mol. The molecule has 0 radical (unpaired) electrons. The highest BCUT2D eigenvalue weighted by atomic mass is 16.5. The van der Waals surface area contributed by atoms with Crippen molar-refractivity contribution in [1.29, 1.82) is 0 Å². The summed E-state index contributed by atoms with van der Waals surface area (Å²) < 4.78 is 5.59. The Morgan fingerprint density at radius 1 is 1.30 bits per heavy atom. The smallest absolute Gasteiger partial charge is 0.162 e. The molecule has 6 atom stereocenters. The summed E-state index contributed by atoms with van der Waals surface area (Å²) in [5, 5.41) is 9.84. The molecule has 0 aromatic carbocycles. The molecule has 3 nitrogen and oxygen atoms in total. The lowest BCUT2D eigenvalue weighted by atomic mass is 9.51. The van der Waals surface area contributed by atoms with Crippen LogP contribution in [-0.4, -0.2) is 24.1 Å². The third-order valence-corrected chi connectivity index (χ3v) is 7.20. The van der Waals surface area contributed by atoms with Gasteiger partial charge in [0.05, 0.1) is 0 Å². The molecule has 0 aromatic heterocycles. The Kier molecular flexibility index (Phi) is 3.19. The zero-order valence-corrected chi connectivity index (χ0v) is 14.2. The van der Waals surface area contributed by atoms with E-state index in [9.17, 15) is 9.90 Å². The van der Waals surface area contributed by atoms with Crippen LogP contribution in [0.5, 0.6) is 0 Å². The Balaban J connectivity index is 1.75. The SMILES string of the molecule is COC1C(=O)C[C@H]2[C@@H]3CCC4C=C(O)C=C[C@]4(C)C3=CC[C@]12C. The molecule has 4 rings (SSSR count). The maximum Gasteiger partial charge on any atom is 0.162 e. The van der Waals surface area contributed by atoms with Crippen LogP contribution in [0.4, 0.5) is 0 Å². The van der Waals surface area contributed by atoms with E-state index in [1.807, 2.05) is 12.2 Å². The standard InChI is InChI=1S/C20H26O3/c1-19-8-6-13(21)10-12(19)4-5-14-15(19)7-9-20(2)16(14)11-17(22)18(20)23-3/h6-8,10,12,14,16,18,21H,4-5,9,11H2,1-3H3/t12?,14-,16+,18?,19+,20+/m1/s1. The molecular weight excluding hydrogens is 288 g/mol. The first-order valence-corrected chi connectivity index (χ1v) is 8.76. The van der Waals surface area contributed by atoms with Gasteiger partial charge in [-0.3, -0.25) is 4.79 Å². The van der Waals surface area contributed by atoms with Crippen LogP contribution in [-0.2, 0) is 9.53 Å². The minimum absolute atomic E-state index is 0.00924. The maximum absolute atomic E-state index is 12.5. The van der Waals surface area contributed by atoms with Crippen molar-refractivity contribution in [2.45, 2.75) is 45.6 Å². The van der Waals surface area contributed by atoms with Gasteiger partial charge in [0, 0.05) is 24.4 Å². The number of fused-ring (bicyclic) bond motifs is 5. The molecule has 0 spiro atoms. The summed E-state index contributed by atoms with van der Waals surface area (Å²) in [6, 6.07) is 0. The monoisotopic (exact) mass is 314 g/mol. The second kappa shape index (κ2) is 4.83. The molecule has 23 heavy (non-hydrogen) atoms. The number of carbonyl (C=O) groups is 1. The number of aliphatic hydroxyl groups is 1. The van der Waals surface area contributed by atoms with Crippen LogP contribution in [0.3, 0.4) is 0 Å². The van der Waals surface area contributed by atoms with E-state index in [1.54, 1.807) is 7.11 Å². The van der Waals surface area contributed by atoms with Crippen molar-refractivity contribution in [3.8, 4) is 0 Å². The van der Waals surface area contributed by atoms with Crippen molar-refractivity contribution in [1.82, 2.24) is 0 Å². The van der Waals surface area contributed by atoms with Crippen LogP contribution in [0.15, 0.2) is 35.6 Å². The zero-order chi connectivity index (χ0) is 16.4. The van der Waals surface area contributed by atoms with Crippen molar-refractivity contribution in [3.63, 3.8) is 0 Å². The largest absolute Gasteiger partial charge is 0.508 e. The summed E-state index contributed by atoms with van der Waals surface area (Å²) in [7, 11) is 1.67. The Morgan fingerprint density at radius 2 is 2.09 bits per heavy atom. The van der Waals surface area contributed by atoms with E-state index in [0.717, 1.165) is 19.3 Å². The van der Waals surface area contributed by atoms with Crippen LogP contribution < -0.4 is 0 Å². The number of methoxy groups -OCH3 is 1. The van der Waals surface area contributed by atoms with E-state index in [2.05, 4.69) is 26.0 Å². The minimum atomic E-state index is -0.248. The van der Waals surface area contributed by atoms with E-state index < -0.39 is 0 Å². The first-order chi connectivity index (χ1) is 10.9. The van der Waals surface area contributed by atoms with Crippen LogP contribution in [0.1, 0.15) is 39.5 Å². The molecule has 2 saturated carbocycles. The van der Waals surface area contributed by atoms with E-state index >= 15 is 0 Å². The predicted octanol–water partition coefficient (Wildman–Crippen LogP) is 3.97. The van der Waals surface area contributed by atoms with E-state index in [-0.39, 0.29) is 22.7 Å². The summed E-state index contributed by atoms with van der Waals surface area (Å²) in [6.07, 6.45) is 11.9. The maximum atomic E-state index is 12.5. The molecule has 2 fully saturated rings. The van der Waals surface area contributed by atoms with Crippen molar-refractivity contribution in [3.05, 3.63) is 35.6 Å². The van der Waals surface area contributed by atoms with Crippen LogP contribution >= 0.6 is 0 Å². The van der Waals surface area contributed by atoms with E-state index in [4.69, 9.17) is 4.74 Å². The number of hydrogen-bond donors (Lipinski definition) is 1. The van der Waals surface area contributed by atoms with Crippen molar-refractivity contribution < 1.29 is 14.6 Å². The number of aliphatic hydroxyl groups excluding tert-OH is 1. The van der Waals surface area contributed by atoms with Crippen molar-refractivity contribution in [2.24, 2.45) is 28.6 Å². The summed E-state index contributed by atoms with van der Waals surface area (Å²) >= 11 is 0. The average molecular weight is 314 g/mol. The van der Waals surface area contributed by atoms with Gasteiger partial charge in [0.1, 0.15) is 11.9 Å². The molecule has 4 aliphatic carbocycles. The topological polar surface area (TPSA) is 46.5 Å². The van der Waals surface area contributed by atoms with Gasteiger partial charge in [0.2, 0.25) is 0 Å². The number of allylic oxidation sites excluding steroid dienone is 5. The molecule has 0 amide bonds. The highest BCUT2D eigenvalue weighted by molar-refractivity contribution is 5.87. The van der Waals surface area contributed by atoms with Gasteiger partial charge in [-0.25, -0.2) is 0 Å². The van der Waals surface area contributed by atoms with Crippen molar-refractivity contribution >= 4 is 5.78 Å². The molecule has 0 aromatic rings. The first-order valence-electron chi connectivity index (χ1n) is 8.76. The molecule has 3 heteroatoms. The normalized spacial score (nSPS) is 48.2. The van der Waals surface area contributed by atoms with Crippen LogP contribution in [0, 0.1) is 28.6 Å². The Labute approximate surface area is 138 Å². The van der Waals surface area contributed by atoms with Gasteiger partial charge < -0.3 is 9.84 Å². The lowest BCUT2D eigenvalue weighted by molar-refractivity contribution is -0.129. The molecule has 0 aliphatic heterocycles. The fraction of sp³-hybridized carbons (Fsp3) is 0.650. The molecule has 0 bridgehead atoms. The fourth-order valence-electron chi connectivity index (χ4n) is 5.92. The fourth-order valence-corrected chi connectivity index (χ4v) is 5.92. The van der Waals surface area contributed by atoms with Crippen molar-refractivity contribution in [2.75, 3.05) is 7.11 Å². The molecule has 124 valence electrons. The van der Waals surface area contributed by atoms with Gasteiger partial charge in [0.25, 0.3) is 0 Å². The summed E-state index contributed by atoms with van der Waals surface area (Å²) in [6.45, 7) is 4.53. The lowest BCUT2D eigenvalue weighted by Gasteiger charge is -2.53. The molecule has 0 saturated heterocycles. The Morgan fingerprint density at radius 3 is 2.83 bits per heavy atom. The summed E-state index contributed by atoms with van der Waals surface area (Å²) in [5.74, 6) is 1.90. The van der Waals surface area contributed by atoms with E-state index in [1.165, 1.54) is 5.57 Å². The van der Waals surface area contributed by atoms with Crippen LogP contribution in [0.2, 0.25) is 0 Å². The number of hydrogen-bond acceptors (Lipinski definition) is 3. The Hall–Kier alpha value is -1.35. The molecule has 4 aliphatic rings. The lowest BCUT2D eigenvalue weighted by Crippen LogP contribution is -2.47. The quantitative estimate of drug-likeness (QED) is 0.745. The first kappa shape index (κ1) is 15.2. The highest BCUT2D eigenvalue weighted by Crippen LogP contribution is 2.62. The van der Waals surface area contributed by atoms with Gasteiger partial charge in [-0.05, 0) is 49.2 Å². The number of Topliss-reactive ketones (excluding diaryl/α,β-unsaturated/α-hetero) is 1. The molecule has 0 heterocycles. The molecule has 1 N–H and O–H groups in total. The summed E-state index contributed by atoms with van der Waals surface area (Å²) in [5.41, 5.74) is 1.42. The van der Waals surface area contributed by atoms with Gasteiger partial charge >= 0.3 is 0 Å². The number of ketones is 1. The highest BCUT2D eigenvalue weighted by Gasteiger charge is 2.59. The third-order valence-electron chi connectivity index (χ3n) is 7.20. The third kappa shape index (κ3) is 1.89. The molecular formula is C20H26O3. The number of carbonyl (C=O) groups excluding carboxylic acids is 1. The number of ether oxygens (including phenoxy) is 1. The second-order valence-electron chi connectivity index (χ2n) is 8.26. The summed E-state index contributed by atoms with van der Waals surface area (Å²) in [4.78, 5) is 12.5. The molecule has 2 unspecified atom stereocenters. The van der Waals surface area contributed by atoms with Gasteiger partial charge in [-0.1, -0.05) is 31.6 Å². The Bertz CT molecular complexity index is 643. The zero-order valence-electron chi connectivity index (χ0n) is 14.2. The number of rotatable bonds is 1.